The number of hydrogen-bond donors (Lipinski definition) is 1. The highest BCUT2D eigenvalue weighted by molar-refractivity contribution is 7.92. The second-order valence-corrected chi connectivity index (χ2v) is 12.3. The molecule has 0 bridgehead atoms. The first-order valence-corrected chi connectivity index (χ1v) is 15.2. The Bertz CT molecular complexity index is 1570. The summed E-state index contributed by atoms with van der Waals surface area (Å²) in [6, 6.07) is 28.7. The van der Waals surface area contributed by atoms with Gasteiger partial charge in [-0.2, -0.15) is 0 Å². The maximum absolute atomic E-state index is 14.0. The lowest BCUT2D eigenvalue weighted by Gasteiger charge is -2.27. The number of carbonyl (C=O) groups excluding carboxylic acids is 1. The first-order chi connectivity index (χ1) is 19.3. The normalized spacial score (nSPS) is 13.3. The van der Waals surface area contributed by atoms with E-state index in [4.69, 9.17) is 11.6 Å². The molecule has 4 aromatic rings. The molecule has 0 spiro atoms. The number of halogens is 1. The number of anilines is 2. The molecule has 1 amide bonds. The first kappa shape index (κ1) is 27.7. The van der Waals surface area contributed by atoms with Gasteiger partial charge >= 0.3 is 0 Å². The third kappa shape index (κ3) is 6.32. The number of nitrogens with zero attached hydrogens (tertiary/aromatic N) is 2. The largest absolute Gasteiger partial charge is 0.372 e. The standard InChI is InChI=1S/C32H32ClN3O3S/c1-24-8-18-29(19-9-24)40(38,39)36(23-26-10-14-27(33)15-11-26)31-7-3-2-6-30(31)32(37)34-22-25-12-16-28(17-13-25)35-20-4-5-21-35/h2-3,6-19H,4-5,20-23H2,1H3,(H,34,37). The molecule has 1 N–H and O–H groups in total. The van der Waals surface area contributed by atoms with Gasteiger partial charge in [0, 0.05) is 30.3 Å². The van der Waals surface area contributed by atoms with Crippen LogP contribution in [0.3, 0.4) is 0 Å². The second-order valence-electron chi connectivity index (χ2n) is 10.0. The van der Waals surface area contributed by atoms with E-state index in [2.05, 4.69) is 22.3 Å². The molecule has 5 rings (SSSR count). The van der Waals surface area contributed by atoms with Crippen molar-refractivity contribution in [3.05, 3.63) is 124 Å². The number of nitrogens with one attached hydrogen (secondary N) is 1. The fourth-order valence-electron chi connectivity index (χ4n) is 4.85. The van der Waals surface area contributed by atoms with Gasteiger partial charge in [0.25, 0.3) is 15.9 Å². The molecular weight excluding hydrogens is 542 g/mol. The van der Waals surface area contributed by atoms with E-state index in [0.29, 0.717) is 17.3 Å². The number of carbonyl (C=O) groups is 1. The number of rotatable bonds is 9. The van der Waals surface area contributed by atoms with Gasteiger partial charge in [0.2, 0.25) is 0 Å². The minimum Gasteiger partial charge on any atom is -0.372 e. The molecule has 1 saturated heterocycles. The SMILES string of the molecule is Cc1ccc(S(=O)(=O)N(Cc2ccc(Cl)cc2)c2ccccc2C(=O)NCc2ccc(N3CCCC3)cc2)cc1. The molecule has 0 saturated carbocycles. The van der Waals surface area contributed by atoms with Crippen molar-refractivity contribution in [3.8, 4) is 0 Å². The summed E-state index contributed by atoms with van der Waals surface area (Å²) in [5.41, 5.74) is 4.45. The van der Waals surface area contributed by atoms with Gasteiger partial charge in [-0.25, -0.2) is 8.42 Å². The summed E-state index contributed by atoms with van der Waals surface area (Å²) in [7, 11) is -4.00. The van der Waals surface area contributed by atoms with Crippen LogP contribution in [0.4, 0.5) is 11.4 Å². The molecule has 4 aromatic carbocycles. The second kappa shape index (κ2) is 12.1. The maximum atomic E-state index is 14.0. The Kier molecular flexibility index (Phi) is 8.43. The van der Waals surface area contributed by atoms with E-state index in [1.54, 1.807) is 72.8 Å². The summed E-state index contributed by atoms with van der Waals surface area (Å²) in [5, 5.41) is 3.54. The quantitative estimate of drug-likeness (QED) is 0.246. The molecule has 1 heterocycles. The van der Waals surface area contributed by atoms with Crippen LogP contribution >= 0.6 is 11.6 Å². The van der Waals surface area contributed by atoms with E-state index in [0.717, 1.165) is 29.8 Å². The fraction of sp³-hybridized carbons (Fsp3) is 0.219. The first-order valence-electron chi connectivity index (χ1n) is 13.4. The Balaban J connectivity index is 1.42. The minimum absolute atomic E-state index is 0.0373. The summed E-state index contributed by atoms with van der Waals surface area (Å²) < 4.78 is 29.2. The molecule has 1 aliphatic heterocycles. The highest BCUT2D eigenvalue weighted by Crippen LogP contribution is 2.30. The van der Waals surface area contributed by atoms with Crippen molar-refractivity contribution in [1.82, 2.24) is 5.32 Å². The zero-order valence-corrected chi connectivity index (χ0v) is 24.0. The van der Waals surface area contributed by atoms with Crippen LogP contribution in [0.2, 0.25) is 5.02 Å². The lowest BCUT2D eigenvalue weighted by Crippen LogP contribution is -2.33. The average Bonchev–Trinajstić information content (AvgIpc) is 3.51. The van der Waals surface area contributed by atoms with Crippen LogP contribution in [0, 0.1) is 6.92 Å². The molecule has 1 aliphatic rings. The molecule has 0 aromatic heterocycles. The van der Waals surface area contributed by atoms with Crippen molar-refractivity contribution < 1.29 is 13.2 Å². The molecule has 0 aliphatic carbocycles. The van der Waals surface area contributed by atoms with Gasteiger partial charge in [-0.15, -0.1) is 0 Å². The molecular formula is C32H32ClN3O3S. The number of sulfonamides is 1. The number of aryl methyl sites for hydroxylation is 1. The Morgan fingerprint density at radius 2 is 1.48 bits per heavy atom. The van der Waals surface area contributed by atoms with E-state index in [-0.39, 0.29) is 22.9 Å². The van der Waals surface area contributed by atoms with Gasteiger partial charge in [0.05, 0.1) is 22.7 Å². The Morgan fingerprint density at radius 3 is 2.15 bits per heavy atom. The predicted octanol–water partition coefficient (Wildman–Crippen LogP) is 6.57. The van der Waals surface area contributed by atoms with Crippen LogP contribution < -0.4 is 14.5 Å². The molecule has 0 atom stereocenters. The lowest BCUT2D eigenvalue weighted by atomic mass is 10.1. The van der Waals surface area contributed by atoms with Crippen molar-refractivity contribution in [2.24, 2.45) is 0 Å². The number of benzene rings is 4. The van der Waals surface area contributed by atoms with E-state index in [9.17, 15) is 13.2 Å². The van der Waals surface area contributed by atoms with Gasteiger partial charge in [-0.05, 0) is 79.4 Å². The van der Waals surface area contributed by atoms with Crippen LogP contribution in [0.1, 0.15) is 39.9 Å². The minimum atomic E-state index is -4.00. The van der Waals surface area contributed by atoms with Gasteiger partial charge in [0.15, 0.2) is 0 Å². The summed E-state index contributed by atoms with van der Waals surface area (Å²) >= 11 is 6.07. The van der Waals surface area contributed by atoms with Gasteiger partial charge in [0.1, 0.15) is 0 Å². The molecule has 1 fully saturated rings. The van der Waals surface area contributed by atoms with Gasteiger partial charge in [-0.1, -0.05) is 65.7 Å². The highest BCUT2D eigenvalue weighted by Gasteiger charge is 2.28. The fourth-order valence-corrected chi connectivity index (χ4v) is 6.45. The molecule has 206 valence electrons. The topological polar surface area (TPSA) is 69.7 Å². The van der Waals surface area contributed by atoms with Crippen LogP contribution in [0.15, 0.2) is 102 Å². The van der Waals surface area contributed by atoms with Crippen molar-refractivity contribution in [1.29, 1.82) is 0 Å². The van der Waals surface area contributed by atoms with E-state index in [1.807, 2.05) is 19.1 Å². The predicted molar refractivity (Wildman–Crippen MR) is 162 cm³/mol. The van der Waals surface area contributed by atoms with E-state index < -0.39 is 10.0 Å². The number of hydrogen-bond acceptors (Lipinski definition) is 4. The average molecular weight is 574 g/mol. The van der Waals surface area contributed by atoms with Crippen LogP contribution in [-0.2, 0) is 23.1 Å². The lowest BCUT2D eigenvalue weighted by molar-refractivity contribution is 0.0951. The third-order valence-electron chi connectivity index (χ3n) is 7.13. The van der Waals surface area contributed by atoms with E-state index >= 15 is 0 Å². The smallest absolute Gasteiger partial charge is 0.264 e. The number of amides is 1. The summed E-state index contributed by atoms with van der Waals surface area (Å²) in [6.45, 7) is 4.42. The maximum Gasteiger partial charge on any atom is 0.264 e. The van der Waals surface area contributed by atoms with Crippen molar-refractivity contribution in [2.75, 3.05) is 22.3 Å². The summed E-state index contributed by atoms with van der Waals surface area (Å²) in [4.78, 5) is 16.0. The van der Waals surface area contributed by atoms with Gasteiger partial charge in [-0.3, -0.25) is 9.10 Å². The monoisotopic (exact) mass is 573 g/mol. The zero-order valence-electron chi connectivity index (χ0n) is 22.4. The van der Waals surface area contributed by atoms with Crippen LogP contribution in [0.25, 0.3) is 0 Å². The molecule has 0 unspecified atom stereocenters. The Morgan fingerprint density at radius 1 is 0.850 bits per heavy atom. The number of para-hydroxylation sites is 1. The molecule has 6 nitrogen and oxygen atoms in total. The van der Waals surface area contributed by atoms with Gasteiger partial charge < -0.3 is 10.2 Å². The molecule has 0 radical (unpaired) electrons. The molecule has 8 heteroatoms. The van der Waals surface area contributed by atoms with E-state index in [1.165, 1.54) is 22.8 Å². The third-order valence-corrected chi connectivity index (χ3v) is 9.15. The summed E-state index contributed by atoms with van der Waals surface area (Å²) in [6.07, 6.45) is 2.43. The summed E-state index contributed by atoms with van der Waals surface area (Å²) in [5.74, 6) is -0.348. The van der Waals surface area contributed by atoms with Crippen molar-refractivity contribution in [3.63, 3.8) is 0 Å². The molecule has 40 heavy (non-hydrogen) atoms. The highest BCUT2D eigenvalue weighted by atomic mass is 35.5. The Labute approximate surface area is 241 Å². The zero-order chi connectivity index (χ0) is 28.1. The Hall–Kier alpha value is -3.81. The van der Waals surface area contributed by atoms with Crippen LogP contribution in [-0.4, -0.2) is 27.4 Å². The van der Waals surface area contributed by atoms with Crippen molar-refractivity contribution in [2.45, 2.75) is 37.8 Å². The van der Waals surface area contributed by atoms with Crippen molar-refractivity contribution >= 4 is 38.9 Å². The van der Waals surface area contributed by atoms with Crippen LogP contribution in [0.5, 0.6) is 0 Å².